The maximum Gasteiger partial charge on any atom is 0.226 e. The Hall–Kier alpha value is -2.74. The third-order valence-corrected chi connectivity index (χ3v) is 5.23. The van der Waals surface area contributed by atoms with Crippen LogP contribution in [0.4, 0.5) is 17.6 Å². The highest BCUT2D eigenvalue weighted by molar-refractivity contribution is 5.89. The molecule has 3 aromatic heterocycles. The smallest absolute Gasteiger partial charge is 0.226 e. The lowest BCUT2D eigenvalue weighted by molar-refractivity contribution is 0.377. The Bertz CT molecular complexity index is 924. The minimum absolute atomic E-state index is 0.399. The maximum absolute atomic E-state index is 4.72. The van der Waals surface area contributed by atoms with Gasteiger partial charge in [0.15, 0.2) is 11.5 Å². The second-order valence-corrected chi connectivity index (χ2v) is 7.28. The fourth-order valence-corrected chi connectivity index (χ4v) is 4.08. The monoisotopic (exact) mass is 350 g/mol. The number of nitrogens with zero attached hydrogens (tertiary/aromatic N) is 4. The molecule has 8 nitrogen and oxygen atoms in total. The van der Waals surface area contributed by atoms with E-state index >= 15 is 0 Å². The second-order valence-electron chi connectivity index (χ2n) is 7.28. The van der Waals surface area contributed by atoms with E-state index in [0.29, 0.717) is 35.5 Å². The normalized spacial score (nSPS) is 24.7. The molecule has 2 fully saturated rings. The highest BCUT2D eigenvalue weighted by Crippen LogP contribution is 2.29. The molecular weight excluding hydrogens is 328 g/mol. The van der Waals surface area contributed by atoms with Gasteiger partial charge in [0.2, 0.25) is 5.95 Å². The van der Waals surface area contributed by atoms with Gasteiger partial charge >= 0.3 is 0 Å². The first-order valence-electron chi connectivity index (χ1n) is 9.17. The fourth-order valence-electron chi connectivity index (χ4n) is 4.08. The first-order valence-corrected chi connectivity index (χ1v) is 9.17. The predicted octanol–water partition coefficient (Wildman–Crippen LogP) is 2.49. The number of aryl methyl sites for hydroxylation is 1. The van der Waals surface area contributed by atoms with Crippen LogP contribution < -0.4 is 16.0 Å². The number of anilines is 3. The summed E-state index contributed by atoms with van der Waals surface area (Å²) in [5, 5.41) is 18.6. The molecule has 8 heteroatoms. The number of hydrogen-bond acceptors (Lipinski definition) is 7. The van der Waals surface area contributed by atoms with E-state index in [0.717, 1.165) is 29.7 Å². The summed E-state index contributed by atoms with van der Waals surface area (Å²) >= 11 is 0. The zero-order valence-electron chi connectivity index (χ0n) is 14.7. The van der Waals surface area contributed by atoms with Crippen LogP contribution in [0.25, 0.3) is 11.0 Å². The molecule has 3 aromatic rings. The van der Waals surface area contributed by atoms with Crippen molar-refractivity contribution in [3.8, 4) is 0 Å². The van der Waals surface area contributed by atoms with Gasteiger partial charge in [0, 0.05) is 36.1 Å². The van der Waals surface area contributed by atoms with E-state index < -0.39 is 0 Å². The number of hydrogen-bond donors (Lipinski definition) is 4. The van der Waals surface area contributed by atoms with E-state index in [1.807, 2.05) is 25.1 Å². The lowest BCUT2D eigenvalue weighted by Gasteiger charge is -2.29. The van der Waals surface area contributed by atoms with E-state index in [2.05, 4.69) is 36.1 Å². The van der Waals surface area contributed by atoms with Gasteiger partial charge in [0.05, 0.1) is 5.39 Å². The Morgan fingerprint density at radius 3 is 2.77 bits per heavy atom. The van der Waals surface area contributed by atoms with Crippen molar-refractivity contribution in [3.63, 3.8) is 0 Å². The molecule has 1 unspecified atom stereocenters. The molecule has 0 saturated carbocycles. The zero-order chi connectivity index (χ0) is 17.5. The van der Waals surface area contributed by atoms with Gasteiger partial charge in [-0.25, -0.2) is 4.98 Å². The quantitative estimate of drug-likeness (QED) is 0.573. The molecule has 4 N–H and O–H groups in total. The molecule has 2 saturated heterocycles. The zero-order valence-corrected chi connectivity index (χ0v) is 14.7. The van der Waals surface area contributed by atoms with Crippen molar-refractivity contribution in [2.24, 2.45) is 0 Å². The third-order valence-electron chi connectivity index (χ3n) is 5.23. The Morgan fingerprint density at radius 2 is 2.00 bits per heavy atom. The second kappa shape index (κ2) is 6.21. The van der Waals surface area contributed by atoms with Crippen LogP contribution in [0, 0.1) is 6.92 Å². The minimum atomic E-state index is 0.399. The Labute approximate surface area is 151 Å². The molecule has 2 aliphatic rings. The van der Waals surface area contributed by atoms with Gasteiger partial charge in [-0.2, -0.15) is 15.1 Å². The van der Waals surface area contributed by atoms with Crippen LogP contribution in [0.2, 0.25) is 0 Å². The van der Waals surface area contributed by atoms with Crippen molar-refractivity contribution in [2.75, 3.05) is 10.6 Å². The summed E-state index contributed by atoms with van der Waals surface area (Å²) < 4.78 is 0. The molecule has 0 amide bonds. The Morgan fingerprint density at radius 1 is 1.15 bits per heavy atom. The van der Waals surface area contributed by atoms with Gasteiger partial charge in [-0.3, -0.25) is 5.10 Å². The Balaban J connectivity index is 1.46. The molecule has 26 heavy (non-hydrogen) atoms. The number of H-pyrrole nitrogens is 1. The summed E-state index contributed by atoms with van der Waals surface area (Å²) in [6, 6.07) is 7.45. The fraction of sp³-hybridized carbons (Fsp3) is 0.444. The van der Waals surface area contributed by atoms with Crippen molar-refractivity contribution < 1.29 is 0 Å². The van der Waals surface area contributed by atoms with Gasteiger partial charge in [0.1, 0.15) is 5.82 Å². The summed E-state index contributed by atoms with van der Waals surface area (Å²) in [6.45, 7) is 1.97. The first kappa shape index (κ1) is 15.5. The number of nitrogens with one attached hydrogen (secondary N) is 4. The van der Waals surface area contributed by atoms with Crippen LogP contribution in [-0.2, 0) is 0 Å². The molecule has 5 heterocycles. The van der Waals surface area contributed by atoms with Gasteiger partial charge in [-0.15, -0.1) is 0 Å². The largest absolute Gasteiger partial charge is 0.351 e. The Kier molecular flexibility index (Phi) is 3.70. The average molecular weight is 350 g/mol. The van der Waals surface area contributed by atoms with Crippen LogP contribution >= 0.6 is 0 Å². The number of rotatable bonds is 4. The predicted molar refractivity (Wildman–Crippen MR) is 101 cm³/mol. The standard InChI is InChI=1S/C18H22N8/c1-10-7-15(26-25-10)22-17-14-3-2-6-19-16(14)23-18(24-17)21-13-8-11-4-5-12(9-13)20-11/h2-3,6-7,11-13,20H,4-5,8-9H2,1H3,(H3,19,21,22,23,24,25,26)/t11-,12+,13?. The molecule has 3 atom stereocenters. The molecule has 0 radical (unpaired) electrons. The topological polar surface area (TPSA) is 103 Å². The van der Waals surface area contributed by atoms with Crippen molar-refractivity contribution >= 4 is 28.6 Å². The van der Waals surface area contributed by atoms with E-state index in [1.54, 1.807) is 6.20 Å². The SMILES string of the molecule is Cc1cc(Nc2nc(NC3C[C@H]4CC[C@@H](C3)N4)nc3ncccc23)n[nH]1. The van der Waals surface area contributed by atoms with Gasteiger partial charge in [-0.1, -0.05) is 0 Å². The third kappa shape index (κ3) is 2.96. The number of piperidine rings is 1. The van der Waals surface area contributed by atoms with Gasteiger partial charge < -0.3 is 16.0 Å². The summed E-state index contributed by atoms with van der Waals surface area (Å²) in [4.78, 5) is 13.8. The van der Waals surface area contributed by atoms with Crippen LogP contribution in [0.3, 0.4) is 0 Å². The first-order chi connectivity index (χ1) is 12.7. The molecule has 2 bridgehead atoms. The van der Waals surface area contributed by atoms with Crippen LogP contribution in [0.1, 0.15) is 31.4 Å². The van der Waals surface area contributed by atoms with E-state index in [-0.39, 0.29) is 0 Å². The number of aromatic nitrogens is 5. The molecule has 134 valence electrons. The summed E-state index contributed by atoms with van der Waals surface area (Å²) in [5.74, 6) is 2.07. The van der Waals surface area contributed by atoms with Crippen LogP contribution in [-0.4, -0.2) is 43.3 Å². The van der Waals surface area contributed by atoms with Crippen molar-refractivity contribution in [1.29, 1.82) is 0 Å². The van der Waals surface area contributed by atoms with Gasteiger partial charge in [-0.05, 0) is 44.7 Å². The van der Waals surface area contributed by atoms with E-state index in [4.69, 9.17) is 4.98 Å². The molecule has 5 rings (SSSR count). The van der Waals surface area contributed by atoms with E-state index in [9.17, 15) is 0 Å². The van der Waals surface area contributed by atoms with Crippen molar-refractivity contribution in [2.45, 2.75) is 50.7 Å². The lowest BCUT2D eigenvalue weighted by atomic mass is 10.0. The van der Waals surface area contributed by atoms with Gasteiger partial charge in [0.25, 0.3) is 0 Å². The number of fused-ring (bicyclic) bond motifs is 3. The highest BCUT2D eigenvalue weighted by atomic mass is 15.2. The lowest BCUT2D eigenvalue weighted by Crippen LogP contribution is -2.43. The van der Waals surface area contributed by atoms with Crippen molar-refractivity contribution in [1.82, 2.24) is 30.5 Å². The average Bonchev–Trinajstić information content (AvgIpc) is 3.19. The summed E-state index contributed by atoms with van der Waals surface area (Å²) in [5.41, 5.74) is 1.67. The molecule has 0 aromatic carbocycles. The highest BCUT2D eigenvalue weighted by Gasteiger charge is 2.33. The minimum Gasteiger partial charge on any atom is -0.351 e. The molecular formula is C18H22N8. The molecule has 2 aliphatic heterocycles. The maximum atomic E-state index is 4.72. The van der Waals surface area contributed by atoms with Crippen molar-refractivity contribution in [3.05, 3.63) is 30.1 Å². The summed E-state index contributed by atoms with van der Waals surface area (Å²) in [6.07, 6.45) is 6.53. The molecule has 0 aliphatic carbocycles. The number of pyridine rings is 1. The summed E-state index contributed by atoms with van der Waals surface area (Å²) in [7, 11) is 0. The number of aromatic amines is 1. The van der Waals surface area contributed by atoms with Crippen LogP contribution in [0.5, 0.6) is 0 Å². The van der Waals surface area contributed by atoms with E-state index in [1.165, 1.54) is 12.8 Å². The molecule has 0 spiro atoms. The van der Waals surface area contributed by atoms with Crippen LogP contribution in [0.15, 0.2) is 24.4 Å².